The Kier molecular flexibility index (Phi) is 11.0. The fourth-order valence-electron chi connectivity index (χ4n) is 8.96. The molecular formula is C63H43N3. The molecule has 0 unspecified atom stereocenters. The van der Waals surface area contributed by atoms with Crippen molar-refractivity contribution in [2.45, 2.75) is 0 Å². The molecule has 11 rings (SSSR count). The van der Waals surface area contributed by atoms with Crippen molar-refractivity contribution in [2.24, 2.45) is 0 Å². The van der Waals surface area contributed by atoms with E-state index in [-0.39, 0.29) is 0 Å². The van der Waals surface area contributed by atoms with Gasteiger partial charge in [0.1, 0.15) is 0 Å². The number of hydrogen-bond donors (Lipinski definition) is 0. The van der Waals surface area contributed by atoms with Crippen LogP contribution in [0, 0.1) is 0 Å². The molecule has 9 aromatic carbocycles. The van der Waals surface area contributed by atoms with Crippen molar-refractivity contribution < 1.29 is 0 Å². The summed E-state index contributed by atoms with van der Waals surface area (Å²) in [5.41, 5.74) is 19.9. The van der Waals surface area contributed by atoms with Gasteiger partial charge in [0, 0.05) is 44.5 Å². The van der Waals surface area contributed by atoms with Crippen LogP contribution in [0.5, 0.6) is 0 Å². The molecule has 0 radical (unpaired) electrons. The van der Waals surface area contributed by atoms with Gasteiger partial charge < -0.3 is 0 Å². The van der Waals surface area contributed by atoms with E-state index in [1.54, 1.807) is 0 Å². The minimum atomic E-state index is 0.688. The summed E-state index contributed by atoms with van der Waals surface area (Å²) in [7, 11) is 0. The number of pyridine rings is 1. The number of rotatable bonds is 10. The Morgan fingerprint density at radius 2 is 0.561 bits per heavy atom. The van der Waals surface area contributed by atoms with E-state index < -0.39 is 0 Å². The highest BCUT2D eigenvalue weighted by atomic mass is 14.9. The summed E-state index contributed by atoms with van der Waals surface area (Å²) in [6.07, 6.45) is 0. The van der Waals surface area contributed by atoms with Crippen LogP contribution in [0.1, 0.15) is 0 Å². The van der Waals surface area contributed by atoms with Crippen LogP contribution in [-0.4, -0.2) is 15.0 Å². The molecule has 66 heavy (non-hydrogen) atoms. The highest BCUT2D eigenvalue weighted by Gasteiger charge is 2.25. The van der Waals surface area contributed by atoms with E-state index in [0.29, 0.717) is 5.82 Å². The normalized spacial score (nSPS) is 11.0. The first kappa shape index (κ1) is 40.0. The van der Waals surface area contributed by atoms with E-state index in [4.69, 9.17) is 15.0 Å². The van der Waals surface area contributed by atoms with Gasteiger partial charge in [-0.15, -0.1) is 0 Å². The van der Waals surface area contributed by atoms with Gasteiger partial charge in [-0.05, 0) is 51.1 Å². The molecule has 2 heterocycles. The van der Waals surface area contributed by atoms with Crippen LogP contribution in [-0.2, 0) is 0 Å². The molecule has 0 N–H and O–H groups in total. The third kappa shape index (κ3) is 8.02. The largest absolute Gasteiger partial charge is 0.246 e. The maximum atomic E-state index is 5.63. The Labute approximate surface area is 386 Å². The number of hydrogen-bond acceptors (Lipinski definition) is 3. The van der Waals surface area contributed by atoms with Gasteiger partial charge in [0.05, 0.1) is 22.8 Å². The predicted octanol–water partition coefficient (Wildman–Crippen LogP) is 16.5. The van der Waals surface area contributed by atoms with Gasteiger partial charge in [-0.1, -0.05) is 249 Å². The van der Waals surface area contributed by atoms with E-state index in [2.05, 4.69) is 249 Å². The van der Waals surface area contributed by atoms with Crippen LogP contribution in [0.25, 0.3) is 112 Å². The summed E-state index contributed by atoms with van der Waals surface area (Å²) in [6.45, 7) is 0. The van der Waals surface area contributed by atoms with E-state index >= 15 is 0 Å². The lowest BCUT2D eigenvalue weighted by atomic mass is 9.82. The summed E-state index contributed by atoms with van der Waals surface area (Å²) in [4.78, 5) is 16.1. The maximum Gasteiger partial charge on any atom is 0.161 e. The van der Waals surface area contributed by atoms with Gasteiger partial charge in [0.15, 0.2) is 5.82 Å². The summed E-state index contributed by atoms with van der Waals surface area (Å²) in [6, 6.07) is 91.7. The minimum Gasteiger partial charge on any atom is -0.246 e. The first-order valence-electron chi connectivity index (χ1n) is 22.4. The topological polar surface area (TPSA) is 38.7 Å². The Hall–Kier alpha value is -8.79. The molecule has 2 aromatic heterocycles. The Morgan fingerprint density at radius 3 is 1.06 bits per heavy atom. The lowest BCUT2D eigenvalue weighted by molar-refractivity contribution is 1.18. The molecule has 11 aromatic rings. The van der Waals surface area contributed by atoms with Crippen molar-refractivity contribution in [3.63, 3.8) is 0 Å². The van der Waals surface area contributed by atoms with E-state index in [0.717, 1.165) is 106 Å². The van der Waals surface area contributed by atoms with Crippen LogP contribution in [0.15, 0.2) is 261 Å². The predicted molar refractivity (Wildman–Crippen MR) is 274 cm³/mol. The van der Waals surface area contributed by atoms with Crippen molar-refractivity contribution in [3.8, 4) is 112 Å². The quantitative estimate of drug-likeness (QED) is 0.138. The minimum absolute atomic E-state index is 0.688. The Morgan fingerprint density at radius 1 is 0.197 bits per heavy atom. The number of nitrogens with zero attached hydrogens (tertiary/aromatic N) is 3. The molecule has 0 saturated carbocycles. The Balaban J connectivity index is 1.07. The zero-order valence-corrected chi connectivity index (χ0v) is 36.2. The maximum absolute atomic E-state index is 5.63. The molecule has 0 spiro atoms. The molecule has 0 amide bonds. The smallest absolute Gasteiger partial charge is 0.161 e. The van der Waals surface area contributed by atoms with Gasteiger partial charge in [-0.25, -0.2) is 15.0 Å². The SMILES string of the molecule is c1ccc(-c2cc(-c3ccc(-c4cccc(-c5c(-c6ccccc6)c(-c6ccccc6)nc(-c6ccccc6)c5-c5ccccc5)c4)cc3)nc(-c3ccccc3-c3ccccc3)n2)cc1. The standard InChI is InChI=1S/C63H43N3/c1-7-22-45(23-8-1)54-36-19-20-37-55(54)63-64-56(46-24-9-2-10-25-46)43-57(65-63)47-40-38-44(39-41-47)52-34-21-35-53(42-52)58-59(48-26-11-3-12-27-48)61(50-30-15-5-16-31-50)66-62(51-32-17-6-18-33-51)60(58)49-28-13-4-14-29-49/h1-43H. The van der Waals surface area contributed by atoms with Gasteiger partial charge in [0.2, 0.25) is 0 Å². The molecule has 0 atom stereocenters. The molecule has 310 valence electrons. The molecule has 0 aliphatic carbocycles. The second-order valence-electron chi connectivity index (χ2n) is 16.3. The van der Waals surface area contributed by atoms with Crippen LogP contribution in [0.2, 0.25) is 0 Å². The second-order valence-corrected chi connectivity index (χ2v) is 16.3. The average Bonchev–Trinajstić information content (AvgIpc) is 3.41. The second kappa shape index (κ2) is 18.1. The van der Waals surface area contributed by atoms with Crippen molar-refractivity contribution in [3.05, 3.63) is 261 Å². The summed E-state index contributed by atoms with van der Waals surface area (Å²) >= 11 is 0. The van der Waals surface area contributed by atoms with E-state index in [1.165, 1.54) is 0 Å². The van der Waals surface area contributed by atoms with Crippen molar-refractivity contribution >= 4 is 0 Å². The lowest BCUT2D eigenvalue weighted by Gasteiger charge is -2.23. The zero-order valence-electron chi connectivity index (χ0n) is 36.2. The third-order valence-electron chi connectivity index (χ3n) is 12.1. The molecule has 0 aliphatic heterocycles. The summed E-state index contributed by atoms with van der Waals surface area (Å²) in [5, 5.41) is 0. The van der Waals surface area contributed by atoms with Crippen LogP contribution < -0.4 is 0 Å². The lowest BCUT2D eigenvalue weighted by Crippen LogP contribution is -2.01. The number of benzene rings is 9. The molecule has 0 fully saturated rings. The first-order chi connectivity index (χ1) is 32.7. The fourth-order valence-corrected chi connectivity index (χ4v) is 8.96. The molecule has 0 saturated heterocycles. The average molecular weight is 842 g/mol. The number of aromatic nitrogens is 3. The van der Waals surface area contributed by atoms with E-state index in [9.17, 15) is 0 Å². The van der Waals surface area contributed by atoms with Crippen molar-refractivity contribution in [1.29, 1.82) is 0 Å². The van der Waals surface area contributed by atoms with Gasteiger partial charge in [0.25, 0.3) is 0 Å². The van der Waals surface area contributed by atoms with Gasteiger partial charge in [-0.2, -0.15) is 0 Å². The van der Waals surface area contributed by atoms with Crippen molar-refractivity contribution in [2.75, 3.05) is 0 Å². The molecule has 0 aliphatic rings. The monoisotopic (exact) mass is 841 g/mol. The first-order valence-corrected chi connectivity index (χ1v) is 22.4. The molecule has 0 bridgehead atoms. The van der Waals surface area contributed by atoms with Crippen molar-refractivity contribution in [1.82, 2.24) is 15.0 Å². The third-order valence-corrected chi connectivity index (χ3v) is 12.1. The van der Waals surface area contributed by atoms with Crippen LogP contribution >= 0.6 is 0 Å². The molecular weight excluding hydrogens is 799 g/mol. The van der Waals surface area contributed by atoms with Gasteiger partial charge in [-0.3, -0.25) is 0 Å². The summed E-state index contributed by atoms with van der Waals surface area (Å²) in [5.74, 6) is 0.688. The highest BCUT2D eigenvalue weighted by molar-refractivity contribution is 6.05. The molecule has 3 heteroatoms. The van der Waals surface area contributed by atoms with E-state index in [1.807, 2.05) is 12.1 Å². The van der Waals surface area contributed by atoms with Crippen LogP contribution in [0.3, 0.4) is 0 Å². The summed E-state index contributed by atoms with van der Waals surface area (Å²) < 4.78 is 0. The fraction of sp³-hybridized carbons (Fsp3) is 0. The Bertz CT molecular complexity index is 3310. The van der Waals surface area contributed by atoms with Crippen LogP contribution in [0.4, 0.5) is 0 Å². The van der Waals surface area contributed by atoms with Gasteiger partial charge >= 0.3 is 0 Å². The highest BCUT2D eigenvalue weighted by Crippen LogP contribution is 2.49. The molecule has 3 nitrogen and oxygen atoms in total. The zero-order chi connectivity index (χ0) is 44.1.